The van der Waals surface area contributed by atoms with E-state index in [9.17, 15) is 4.79 Å². The number of para-hydroxylation sites is 1. The van der Waals surface area contributed by atoms with Crippen molar-refractivity contribution in [2.45, 2.75) is 19.4 Å². The van der Waals surface area contributed by atoms with Crippen molar-refractivity contribution in [2.24, 2.45) is 0 Å². The molecule has 4 nitrogen and oxygen atoms in total. The van der Waals surface area contributed by atoms with Crippen LogP contribution in [0.5, 0.6) is 0 Å². The minimum absolute atomic E-state index is 0.104. The van der Waals surface area contributed by atoms with Crippen LogP contribution in [0.4, 0.5) is 5.69 Å². The molecule has 5 heteroatoms. The Morgan fingerprint density at radius 1 is 1.44 bits per heavy atom. The van der Waals surface area contributed by atoms with Crippen LogP contribution in [0.2, 0.25) is 5.02 Å². The third kappa shape index (κ3) is 5.49. The molecule has 0 saturated carbocycles. The molecule has 0 fully saturated rings. The standard InChI is InChI=1S/C13H19ClN2O2/c1-10(7-8-18-2)15-9-13(17)16-12-6-4-3-5-11(12)14/h3-6,10,15H,7-9H2,1-2H3,(H,16,17). The van der Waals surface area contributed by atoms with Gasteiger partial charge in [0.15, 0.2) is 0 Å². The van der Waals surface area contributed by atoms with Crippen molar-refractivity contribution in [1.82, 2.24) is 5.32 Å². The van der Waals surface area contributed by atoms with Gasteiger partial charge in [0.05, 0.1) is 17.3 Å². The highest BCUT2D eigenvalue weighted by Crippen LogP contribution is 2.19. The Kier molecular flexibility index (Phi) is 6.72. The number of benzene rings is 1. The van der Waals surface area contributed by atoms with Crippen molar-refractivity contribution in [1.29, 1.82) is 0 Å². The van der Waals surface area contributed by atoms with Crippen molar-refractivity contribution in [3.05, 3.63) is 29.3 Å². The van der Waals surface area contributed by atoms with Crippen molar-refractivity contribution < 1.29 is 9.53 Å². The SMILES string of the molecule is COCCC(C)NCC(=O)Nc1ccccc1Cl. The van der Waals surface area contributed by atoms with Gasteiger partial charge >= 0.3 is 0 Å². The number of hydrogen-bond donors (Lipinski definition) is 2. The smallest absolute Gasteiger partial charge is 0.238 e. The monoisotopic (exact) mass is 270 g/mol. The molecule has 1 aromatic rings. The molecule has 1 atom stereocenters. The third-order valence-corrected chi connectivity index (χ3v) is 2.84. The number of nitrogens with one attached hydrogen (secondary N) is 2. The first-order valence-electron chi connectivity index (χ1n) is 5.90. The third-order valence-electron chi connectivity index (χ3n) is 2.51. The van der Waals surface area contributed by atoms with Gasteiger partial charge in [0.2, 0.25) is 5.91 Å². The molecule has 0 spiro atoms. The van der Waals surface area contributed by atoms with Crippen LogP contribution in [0.3, 0.4) is 0 Å². The predicted molar refractivity (Wildman–Crippen MR) is 74.0 cm³/mol. The van der Waals surface area contributed by atoms with Gasteiger partial charge in [0.25, 0.3) is 0 Å². The summed E-state index contributed by atoms with van der Waals surface area (Å²) in [6, 6.07) is 7.40. The second kappa shape index (κ2) is 8.08. The van der Waals surface area contributed by atoms with E-state index in [1.165, 1.54) is 0 Å². The lowest BCUT2D eigenvalue weighted by molar-refractivity contribution is -0.115. The minimum Gasteiger partial charge on any atom is -0.385 e. The van der Waals surface area contributed by atoms with E-state index in [0.717, 1.165) is 6.42 Å². The topological polar surface area (TPSA) is 50.4 Å². The maximum Gasteiger partial charge on any atom is 0.238 e. The summed E-state index contributed by atoms with van der Waals surface area (Å²) >= 11 is 5.95. The number of anilines is 1. The van der Waals surface area contributed by atoms with Crippen LogP contribution in [0.1, 0.15) is 13.3 Å². The maximum absolute atomic E-state index is 11.7. The Bertz CT molecular complexity index is 385. The molecule has 0 aliphatic carbocycles. The van der Waals surface area contributed by atoms with Gasteiger partial charge in [0.1, 0.15) is 0 Å². The molecule has 2 N–H and O–H groups in total. The quantitative estimate of drug-likeness (QED) is 0.799. The van der Waals surface area contributed by atoms with E-state index in [4.69, 9.17) is 16.3 Å². The van der Waals surface area contributed by atoms with Gasteiger partial charge in [0, 0.05) is 19.8 Å². The molecule has 0 bridgehead atoms. The van der Waals surface area contributed by atoms with Gasteiger partial charge in [-0.2, -0.15) is 0 Å². The second-order valence-electron chi connectivity index (χ2n) is 4.09. The summed E-state index contributed by atoms with van der Waals surface area (Å²) in [6.45, 7) is 2.96. The molecule has 0 aliphatic rings. The number of rotatable bonds is 7. The summed E-state index contributed by atoms with van der Waals surface area (Å²) in [6.07, 6.45) is 0.871. The fourth-order valence-corrected chi connectivity index (χ4v) is 1.60. The average molecular weight is 271 g/mol. The zero-order valence-electron chi connectivity index (χ0n) is 10.7. The molecule has 18 heavy (non-hydrogen) atoms. The normalized spacial score (nSPS) is 12.2. The molecule has 1 aromatic carbocycles. The highest BCUT2D eigenvalue weighted by Gasteiger charge is 2.07. The van der Waals surface area contributed by atoms with Crippen molar-refractivity contribution in [3.63, 3.8) is 0 Å². The van der Waals surface area contributed by atoms with Gasteiger partial charge in [-0.25, -0.2) is 0 Å². The fraction of sp³-hybridized carbons (Fsp3) is 0.462. The Morgan fingerprint density at radius 2 is 2.17 bits per heavy atom. The molecular weight excluding hydrogens is 252 g/mol. The lowest BCUT2D eigenvalue weighted by Gasteiger charge is -2.13. The molecule has 0 radical (unpaired) electrons. The number of carbonyl (C=O) groups excluding carboxylic acids is 1. The summed E-state index contributed by atoms with van der Waals surface area (Å²) < 4.78 is 4.97. The Balaban J connectivity index is 2.32. The largest absolute Gasteiger partial charge is 0.385 e. The highest BCUT2D eigenvalue weighted by atomic mass is 35.5. The van der Waals surface area contributed by atoms with E-state index < -0.39 is 0 Å². The van der Waals surface area contributed by atoms with Gasteiger partial charge < -0.3 is 15.4 Å². The summed E-state index contributed by atoms with van der Waals surface area (Å²) in [5, 5.41) is 6.42. The molecule has 1 unspecified atom stereocenters. The van der Waals surface area contributed by atoms with E-state index in [1.807, 2.05) is 19.1 Å². The van der Waals surface area contributed by atoms with E-state index in [0.29, 0.717) is 17.3 Å². The first-order chi connectivity index (χ1) is 8.63. The summed E-state index contributed by atoms with van der Waals surface area (Å²) in [4.78, 5) is 11.7. The van der Waals surface area contributed by atoms with Crippen molar-refractivity contribution in [2.75, 3.05) is 25.6 Å². The maximum atomic E-state index is 11.7. The number of amides is 1. The summed E-state index contributed by atoms with van der Waals surface area (Å²) in [5.41, 5.74) is 0.635. The zero-order valence-corrected chi connectivity index (χ0v) is 11.5. The van der Waals surface area contributed by atoms with Crippen molar-refractivity contribution >= 4 is 23.2 Å². The Labute approximate surface area is 113 Å². The molecular formula is C13H19ClN2O2. The molecule has 100 valence electrons. The first-order valence-corrected chi connectivity index (χ1v) is 6.28. The van der Waals surface area contributed by atoms with E-state index >= 15 is 0 Å². The van der Waals surface area contributed by atoms with Crippen molar-refractivity contribution in [3.8, 4) is 0 Å². The highest BCUT2D eigenvalue weighted by molar-refractivity contribution is 6.33. The van der Waals surface area contributed by atoms with Gasteiger partial charge in [-0.15, -0.1) is 0 Å². The van der Waals surface area contributed by atoms with E-state index in [2.05, 4.69) is 10.6 Å². The molecule has 0 heterocycles. The Hall–Kier alpha value is -1.10. The minimum atomic E-state index is -0.104. The zero-order chi connectivity index (χ0) is 13.4. The number of halogens is 1. The van der Waals surface area contributed by atoms with Crippen LogP contribution in [-0.4, -0.2) is 32.2 Å². The van der Waals surface area contributed by atoms with Crippen LogP contribution in [0.15, 0.2) is 24.3 Å². The predicted octanol–water partition coefficient (Wildman–Crippen LogP) is 2.29. The van der Waals surface area contributed by atoms with Crippen LogP contribution in [-0.2, 0) is 9.53 Å². The molecule has 0 saturated heterocycles. The molecule has 0 aromatic heterocycles. The fourth-order valence-electron chi connectivity index (χ4n) is 1.42. The number of ether oxygens (including phenoxy) is 1. The van der Waals surface area contributed by atoms with Crippen LogP contribution >= 0.6 is 11.6 Å². The summed E-state index contributed by atoms with van der Waals surface area (Å²) in [7, 11) is 1.66. The molecule has 1 rings (SSSR count). The second-order valence-corrected chi connectivity index (χ2v) is 4.50. The van der Waals surface area contributed by atoms with Gasteiger partial charge in [-0.3, -0.25) is 4.79 Å². The number of carbonyl (C=O) groups is 1. The molecule has 0 aliphatic heterocycles. The van der Waals surface area contributed by atoms with Crippen LogP contribution < -0.4 is 10.6 Å². The summed E-state index contributed by atoms with van der Waals surface area (Å²) in [5.74, 6) is -0.104. The average Bonchev–Trinajstić information content (AvgIpc) is 2.36. The number of methoxy groups -OCH3 is 1. The lowest BCUT2D eigenvalue weighted by atomic mass is 10.2. The van der Waals surface area contributed by atoms with E-state index in [1.54, 1.807) is 19.2 Å². The van der Waals surface area contributed by atoms with Crippen LogP contribution in [0, 0.1) is 0 Å². The van der Waals surface area contributed by atoms with Crippen LogP contribution in [0.25, 0.3) is 0 Å². The lowest BCUT2D eigenvalue weighted by Crippen LogP contribution is -2.35. The van der Waals surface area contributed by atoms with Gasteiger partial charge in [-0.05, 0) is 25.5 Å². The van der Waals surface area contributed by atoms with Gasteiger partial charge in [-0.1, -0.05) is 23.7 Å². The van der Waals surface area contributed by atoms with E-state index in [-0.39, 0.29) is 18.5 Å². The first kappa shape index (κ1) is 15.0. The Morgan fingerprint density at radius 3 is 2.83 bits per heavy atom. The molecule has 1 amide bonds. The number of hydrogen-bond acceptors (Lipinski definition) is 3.